The van der Waals surface area contributed by atoms with Crippen LogP contribution in [0.25, 0.3) is 0 Å². The smallest absolute Gasteiger partial charge is 0.408 e. The van der Waals surface area contributed by atoms with Gasteiger partial charge in [0.2, 0.25) is 29.4 Å². The Morgan fingerprint density at radius 2 is 1.53 bits per heavy atom. The molecule has 14 nitrogen and oxygen atoms in total. The van der Waals surface area contributed by atoms with Crippen LogP contribution in [0.5, 0.6) is 0 Å². The lowest BCUT2D eigenvalue weighted by molar-refractivity contribution is -0.145. The normalized spacial score (nSPS) is 17.8. The molecular formula is C37H58N6O8. The summed E-state index contributed by atoms with van der Waals surface area (Å²) in [6, 6.07) is 4.41. The molecule has 1 aliphatic heterocycles. The number of amides is 6. The van der Waals surface area contributed by atoms with Crippen LogP contribution in [0, 0.1) is 17.3 Å². The minimum Gasteiger partial charge on any atom is -0.444 e. The second-order valence-electron chi connectivity index (χ2n) is 15.7. The van der Waals surface area contributed by atoms with Gasteiger partial charge in [-0.1, -0.05) is 78.3 Å². The van der Waals surface area contributed by atoms with Crippen LogP contribution in [0.4, 0.5) is 4.79 Å². The van der Waals surface area contributed by atoms with Gasteiger partial charge in [-0.2, -0.15) is 0 Å². The number of likely N-dealkylation sites (N-methyl/N-ethyl adjacent to an activating group) is 1. The number of benzene rings is 1. The maximum Gasteiger partial charge on any atom is 0.408 e. The number of hydrogen-bond acceptors (Lipinski definition) is 8. The number of nitrogens with one attached hydrogen (secondary N) is 4. The number of ketones is 1. The first kappa shape index (κ1) is 42.7. The van der Waals surface area contributed by atoms with Crippen LogP contribution >= 0.6 is 0 Å². The van der Waals surface area contributed by atoms with E-state index in [1.54, 1.807) is 92.9 Å². The summed E-state index contributed by atoms with van der Waals surface area (Å²) in [5.41, 5.74) is -0.982. The molecule has 0 spiro atoms. The first-order valence-electron chi connectivity index (χ1n) is 17.6. The molecule has 6 amide bonds. The molecule has 51 heavy (non-hydrogen) atoms. The lowest BCUT2D eigenvalue weighted by atomic mass is 9.84. The molecule has 0 radical (unpaired) electrons. The van der Waals surface area contributed by atoms with Crippen molar-refractivity contribution < 1.29 is 38.3 Å². The average Bonchev–Trinajstić information content (AvgIpc) is 3.49. The van der Waals surface area contributed by atoms with Crippen LogP contribution in [-0.2, 0) is 33.5 Å². The molecule has 5 atom stereocenters. The maximum atomic E-state index is 14.1. The highest BCUT2D eigenvalue weighted by Gasteiger charge is 2.48. The van der Waals surface area contributed by atoms with Crippen molar-refractivity contribution in [1.82, 2.24) is 31.1 Å². The molecule has 1 aliphatic rings. The van der Waals surface area contributed by atoms with Crippen molar-refractivity contribution in [3.8, 4) is 0 Å². The number of carbonyl (C=O) groups is 7. The van der Waals surface area contributed by atoms with E-state index in [4.69, 9.17) is 4.74 Å². The molecule has 1 aromatic carbocycles. The largest absolute Gasteiger partial charge is 0.444 e. The number of nitrogens with zero attached hydrogens (tertiary/aromatic N) is 2. The third kappa shape index (κ3) is 12.4. The van der Waals surface area contributed by atoms with Crippen molar-refractivity contribution in [2.24, 2.45) is 17.3 Å². The molecule has 1 aromatic rings. The van der Waals surface area contributed by atoms with E-state index < -0.39 is 77.2 Å². The van der Waals surface area contributed by atoms with Crippen LogP contribution in [0.3, 0.4) is 0 Å². The molecule has 0 bridgehead atoms. The molecule has 1 heterocycles. The number of likely N-dealkylation sites (tertiary alicyclic amines) is 1. The molecule has 0 aromatic heterocycles. The molecule has 0 saturated carbocycles. The topological polar surface area (TPSA) is 183 Å². The van der Waals surface area contributed by atoms with E-state index in [0.29, 0.717) is 18.4 Å². The molecule has 0 aliphatic carbocycles. The predicted molar refractivity (Wildman–Crippen MR) is 192 cm³/mol. The Balaban J connectivity index is 2.22. The maximum absolute atomic E-state index is 14.1. The fraction of sp³-hybridized carbons (Fsp3) is 0.649. The fourth-order valence-corrected chi connectivity index (χ4v) is 5.96. The zero-order valence-corrected chi connectivity index (χ0v) is 32.0. The number of ether oxygens (including phenoxy) is 1. The molecule has 284 valence electrons. The van der Waals surface area contributed by atoms with Gasteiger partial charge >= 0.3 is 6.09 Å². The zero-order valence-electron chi connectivity index (χ0n) is 32.0. The summed E-state index contributed by atoms with van der Waals surface area (Å²) >= 11 is 0. The van der Waals surface area contributed by atoms with Crippen molar-refractivity contribution in [3.63, 3.8) is 0 Å². The van der Waals surface area contributed by atoms with Gasteiger partial charge < -0.3 is 35.8 Å². The molecule has 2 unspecified atom stereocenters. The van der Waals surface area contributed by atoms with Gasteiger partial charge in [0.25, 0.3) is 5.91 Å². The standard InChI is InChI=1S/C37H58N6O8/c1-12-16-25(29(45)32(47)38-21-26(44)40-27(33(48)42(10)11)23-17-14-13-15-18-23)39-31(46)28-24(22(2)3)19-20-43(28)34(49)30(36(4,5)6)41-35(50)51-37(7,8)9/h13-15,17-18,22,24-25,27-28,30H,12,16,19-21H2,1-11H3,(H,38,47)(H,39,46)(H,40,44)(H,41,50)/t24-,25?,27+,28?,30-/m1/s1. The highest BCUT2D eigenvalue weighted by molar-refractivity contribution is 6.38. The summed E-state index contributed by atoms with van der Waals surface area (Å²) < 4.78 is 5.41. The first-order valence-corrected chi connectivity index (χ1v) is 17.6. The number of Topliss-reactive ketones (excluding diaryl/α,β-unsaturated/α-hetero) is 1. The van der Waals surface area contributed by atoms with Gasteiger partial charge in [0, 0.05) is 20.6 Å². The highest BCUT2D eigenvalue weighted by atomic mass is 16.6. The number of hydrogen-bond donors (Lipinski definition) is 4. The highest BCUT2D eigenvalue weighted by Crippen LogP contribution is 2.33. The van der Waals surface area contributed by atoms with Crippen molar-refractivity contribution in [2.45, 2.75) is 111 Å². The van der Waals surface area contributed by atoms with E-state index in [-0.39, 0.29) is 30.7 Å². The quantitative estimate of drug-likeness (QED) is 0.212. The van der Waals surface area contributed by atoms with E-state index in [0.717, 1.165) is 0 Å². The van der Waals surface area contributed by atoms with Gasteiger partial charge in [-0.05, 0) is 56.4 Å². The Bertz CT molecular complexity index is 1420. The lowest BCUT2D eigenvalue weighted by Crippen LogP contribution is -2.60. The minimum atomic E-state index is -1.22. The van der Waals surface area contributed by atoms with Gasteiger partial charge in [0.05, 0.1) is 12.6 Å². The third-order valence-corrected chi connectivity index (χ3v) is 8.60. The van der Waals surface area contributed by atoms with Crippen LogP contribution in [0.15, 0.2) is 30.3 Å². The average molecular weight is 715 g/mol. The van der Waals surface area contributed by atoms with E-state index in [9.17, 15) is 33.6 Å². The zero-order chi connectivity index (χ0) is 38.8. The summed E-state index contributed by atoms with van der Waals surface area (Å²) in [4.78, 5) is 95.7. The molecular weight excluding hydrogens is 656 g/mol. The van der Waals surface area contributed by atoms with Crippen molar-refractivity contribution in [3.05, 3.63) is 35.9 Å². The van der Waals surface area contributed by atoms with Crippen LogP contribution in [0.2, 0.25) is 0 Å². The van der Waals surface area contributed by atoms with Crippen molar-refractivity contribution >= 4 is 41.4 Å². The molecule has 4 N–H and O–H groups in total. The second-order valence-corrected chi connectivity index (χ2v) is 15.7. The Morgan fingerprint density at radius 3 is 2.04 bits per heavy atom. The molecule has 2 rings (SSSR count). The fourth-order valence-electron chi connectivity index (χ4n) is 5.96. The SMILES string of the molecule is CCCC(NC(=O)C1[C@@H](C(C)C)CCN1C(=O)[C@@H](NC(=O)OC(C)(C)C)C(C)(C)C)C(=O)C(=O)NCC(=O)N[C@H](C(=O)N(C)C)c1ccccc1. The van der Waals surface area contributed by atoms with Crippen LogP contribution in [0.1, 0.15) is 93.2 Å². The van der Waals surface area contributed by atoms with E-state index in [1.807, 2.05) is 13.8 Å². The van der Waals surface area contributed by atoms with E-state index in [1.165, 1.54) is 9.80 Å². The summed E-state index contributed by atoms with van der Waals surface area (Å²) in [5, 5.41) is 10.3. The van der Waals surface area contributed by atoms with Gasteiger partial charge in [0.15, 0.2) is 0 Å². The third-order valence-electron chi connectivity index (χ3n) is 8.60. The van der Waals surface area contributed by atoms with E-state index in [2.05, 4.69) is 21.3 Å². The summed E-state index contributed by atoms with van der Waals surface area (Å²) in [6.07, 6.45) is 0.343. The van der Waals surface area contributed by atoms with Crippen molar-refractivity contribution in [1.29, 1.82) is 0 Å². The van der Waals surface area contributed by atoms with Gasteiger partial charge in [-0.25, -0.2) is 4.79 Å². The lowest BCUT2D eigenvalue weighted by Gasteiger charge is -2.37. The number of rotatable bonds is 14. The summed E-state index contributed by atoms with van der Waals surface area (Å²) in [7, 11) is 3.11. The minimum absolute atomic E-state index is 0.00770. The number of alkyl carbamates (subject to hydrolysis) is 1. The van der Waals surface area contributed by atoms with Gasteiger partial charge in [-0.3, -0.25) is 28.8 Å². The van der Waals surface area contributed by atoms with Gasteiger partial charge in [-0.15, -0.1) is 0 Å². The Hall–Kier alpha value is -4.49. The molecule has 1 saturated heterocycles. The monoisotopic (exact) mass is 714 g/mol. The Labute approximate surface area is 302 Å². The summed E-state index contributed by atoms with van der Waals surface area (Å²) in [5.74, 6) is -4.40. The molecule has 14 heteroatoms. The van der Waals surface area contributed by atoms with E-state index >= 15 is 0 Å². The Morgan fingerprint density at radius 1 is 0.922 bits per heavy atom. The van der Waals surface area contributed by atoms with Crippen LogP contribution in [-0.4, -0.2) is 102 Å². The second kappa shape index (κ2) is 18.1. The first-order chi connectivity index (χ1) is 23.6. The van der Waals surface area contributed by atoms with Crippen LogP contribution < -0.4 is 21.3 Å². The van der Waals surface area contributed by atoms with Gasteiger partial charge in [0.1, 0.15) is 23.7 Å². The molecule has 1 fully saturated rings. The Kier molecular flexibility index (Phi) is 15.2. The number of carbonyl (C=O) groups excluding carboxylic acids is 7. The van der Waals surface area contributed by atoms with Crippen molar-refractivity contribution in [2.75, 3.05) is 27.2 Å². The predicted octanol–water partition coefficient (Wildman–Crippen LogP) is 2.71. The summed E-state index contributed by atoms with van der Waals surface area (Å²) in [6.45, 7) is 15.9.